The molecule has 4 aliphatic heterocycles. The molecular weight excluding hydrogens is 709 g/mol. The van der Waals surface area contributed by atoms with Crippen LogP contribution < -0.4 is 23.7 Å². The maximum atomic E-state index is 13.3. The van der Waals surface area contributed by atoms with E-state index in [9.17, 15) is 9.90 Å². The normalized spacial score (nSPS) is 17.8. The number of aliphatic hydroxyl groups is 1. The number of fused-ring (bicyclic) bond motifs is 2. The largest absolute Gasteiger partial charge is 0.493 e. The van der Waals surface area contributed by atoms with Gasteiger partial charge in [-0.3, -0.25) is 9.80 Å². The fraction of sp³-hybridized carbons (Fsp3) is 0.326. The minimum atomic E-state index is -0.431. The predicted octanol–water partition coefficient (Wildman–Crippen LogP) is 8.00. The van der Waals surface area contributed by atoms with Crippen molar-refractivity contribution in [3.05, 3.63) is 135 Å². The highest BCUT2D eigenvalue weighted by atomic mass is 16.5. The number of methoxy groups -OCH3 is 3. The molecule has 5 aromatic rings. The number of aliphatic hydroxyl groups excluding tert-OH is 1. The van der Waals surface area contributed by atoms with E-state index in [1.807, 2.05) is 42.5 Å². The molecule has 9 rings (SSSR count). The fourth-order valence-electron chi connectivity index (χ4n) is 8.51. The van der Waals surface area contributed by atoms with Crippen LogP contribution in [0.15, 0.2) is 84.9 Å². The zero-order valence-corrected chi connectivity index (χ0v) is 32.6. The summed E-state index contributed by atoms with van der Waals surface area (Å²) in [5.74, 6) is 3.44. The number of hydrogen-bond donors (Lipinski definition) is 1. The smallest absolute Gasteiger partial charge is 0.338 e. The van der Waals surface area contributed by atoms with Crippen molar-refractivity contribution in [3.8, 4) is 40.2 Å². The van der Waals surface area contributed by atoms with E-state index in [0.717, 1.165) is 59.5 Å². The van der Waals surface area contributed by atoms with Crippen molar-refractivity contribution in [1.29, 1.82) is 0 Å². The van der Waals surface area contributed by atoms with E-state index in [1.54, 1.807) is 33.5 Å². The van der Waals surface area contributed by atoms with Gasteiger partial charge in [-0.25, -0.2) is 4.79 Å². The molecule has 0 aliphatic carbocycles. The summed E-state index contributed by atoms with van der Waals surface area (Å²) in [5, 5.41) is 10.8. The maximum absolute atomic E-state index is 13.3. The second-order valence-corrected chi connectivity index (χ2v) is 14.8. The summed E-state index contributed by atoms with van der Waals surface area (Å²) < 4.78 is 37.7. The molecule has 4 aliphatic rings. The Hall–Kier alpha value is -5.55. The first-order valence-corrected chi connectivity index (χ1v) is 19.1. The topological polar surface area (TPSA) is 99.2 Å². The number of nitrogens with zero attached hydrogens (tertiary/aromatic N) is 2. The van der Waals surface area contributed by atoms with Gasteiger partial charge < -0.3 is 33.5 Å². The van der Waals surface area contributed by atoms with Crippen LogP contribution in [0.25, 0.3) is 0 Å². The van der Waals surface area contributed by atoms with Gasteiger partial charge in [0, 0.05) is 41.9 Å². The first-order valence-electron chi connectivity index (χ1n) is 19.1. The lowest BCUT2D eigenvalue weighted by Crippen LogP contribution is -2.35. The van der Waals surface area contributed by atoms with E-state index >= 15 is 0 Å². The van der Waals surface area contributed by atoms with E-state index in [-0.39, 0.29) is 25.3 Å². The van der Waals surface area contributed by atoms with Crippen molar-refractivity contribution in [2.24, 2.45) is 0 Å². The third kappa shape index (κ3) is 7.04. The molecule has 10 heteroatoms. The Morgan fingerprint density at radius 2 is 1.48 bits per heavy atom. The highest BCUT2D eigenvalue weighted by Crippen LogP contribution is 2.53. The summed E-state index contributed by atoms with van der Waals surface area (Å²) in [7, 11) is 9.10. The average Bonchev–Trinajstić information content (AvgIpc) is 3.22. The Bertz CT molecular complexity index is 2240. The molecule has 6 bridgehead atoms. The van der Waals surface area contributed by atoms with Crippen LogP contribution in [0.2, 0.25) is 0 Å². The van der Waals surface area contributed by atoms with Crippen molar-refractivity contribution in [1.82, 2.24) is 9.80 Å². The lowest BCUT2D eigenvalue weighted by Gasteiger charge is -2.38. The molecule has 0 saturated carbocycles. The number of ether oxygens (including phenoxy) is 6. The molecule has 5 aromatic carbocycles. The monoisotopic (exact) mass is 756 g/mol. The summed E-state index contributed by atoms with van der Waals surface area (Å²) in [6.45, 7) is 1.40. The standard InChI is InChI=1S/C46H48N2O8/c1-47-19-17-31-24-32(26-49)40-25-35(31)37(47)21-28-11-14-33(15-12-28)55-41-23-29(13-16-39(41)51-3)22-38-42-34(18-20-48(38)2)36(43(52-4)45(53-5)44(42)56-40)27-54-46(50)30-9-7-6-8-10-30/h6-16,23-25,37-38,49H,17-22,26-27H2,1-5H3/t37-,38-/m0/s1. The minimum absolute atomic E-state index is 0.0277. The Morgan fingerprint density at radius 3 is 2.21 bits per heavy atom. The third-order valence-corrected chi connectivity index (χ3v) is 11.5. The van der Waals surface area contributed by atoms with Crippen molar-refractivity contribution in [2.45, 2.75) is 51.0 Å². The molecule has 0 aromatic heterocycles. The van der Waals surface area contributed by atoms with E-state index < -0.39 is 5.97 Å². The molecule has 290 valence electrons. The molecule has 56 heavy (non-hydrogen) atoms. The van der Waals surface area contributed by atoms with Crippen molar-refractivity contribution < 1.29 is 38.3 Å². The molecule has 4 heterocycles. The zero-order chi connectivity index (χ0) is 38.9. The fourth-order valence-corrected chi connectivity index (χ4v) is 8.51. The predicted molar refractivity (Wildman–Crippen MR) is 213 cm³/mol. The quantitative estimate of drug-likeness (QED) is 0.165. The number of hydrogen-bond acceptors (Lipinski definition) is 10. The van der Waals surface area contributed by atoms with E-state index in [2.05, 4.69) is 54.2 Å². The Kier molecular flexibility index (Phi) is 10.6. The van der Waals surface area contributed by atoms with Gasteiger partial charge in [-0.1, -0.05) is 36.4 Å². The van der Waals surface area contributed by atoms with Gasteiger partial charge in [0.2, 0.25) is 5.75 Å². The summed E-state index contributed by atoms with van der Waals surface area (Å²) >= 11 is 0. The summed E-state index contributed by atoms with van der Waals surface area (Å²) in [6, 6.07) is 27.3. The summed E-state index contributed by atoms with van der Waals surface area (Å²) in [6.07, 6.45) is 2.86. The second kappa shape index (κ2) is 15.9. The minimum Gasteiger partial charge on any atom is -0.493 e. The van der Waals surface area contributed by atoms with Gasteiger partial charge in [-0.15, -0.1) is 0 Å². The number of carbonyl (C=O) groups excluding carboxylic acids is 1. The van der Waals surface area contributed by atoms with E-state index in [4.69, 9.17) is 28.4 Å². The molecule has 0 spiro atoms. The molecule has 0 radical (unpaired) electrons. The first-order chi connectivity index (χ1) is 27.3. The van der Waals surface area contributed by atoms with Gasteiger partial charge >= 0.3 is 5.97 Å². The van der Waals surface area contributed by atoms with Gasteiger partial charge in [0.15, 0.2) is 23.0 Å². The lowest BCUT2D eigenvalue weighted by atomic mass is 9.84. The molecule has 1 N–H and O–H groups in total. The number of benzene rings is 5. The zero-order valence-electron chi connectivity index (χ0n) is 32.6. The van der Waals surface area contributed by atoms with Gasteiger partial charge in [-0.2, -0.15) is 0 Å². The van der Waals surface area contributed by atoms with Crippen molar-refractivity contribution in [2.75, 3.05) is 48.5 Å². The van der Waals surface area contributed by atoms with Crippen LogP contribution in [0.3, 0.4) is 0 Å². The summed E-state index contributed by atoms with van der Waals surface area (Å²) in [5.41, 5.74) is 8.32. The Balaban J connectivity index is 1.35. The molecule has 0 fully saturated rings. The number of esters is 1. The molecular formula is C46H48N2O8. The van der Waals surface area contributed by atoms with Crippen molar-refractivity contribution >= 4 is 5.97 Å². The number of carbonyl (C=O) groups is 1. The van der Waals surface area contributed by atoms with Gasteiger partial charge in [0.05, 0.1) is 33.5 Å². The molecule has 2 atom stereocenters. The summed E-state index contributed by atoms with van der Waals surface area (Å²) in [4.78, 5) is 18.0. The van der Waals surface area contributed by atoms with Crippen LogP contribution >= 0.6 is 0 Å². The number of likely N-dealkylation sites (N-methyl/N-ethyl adjacent to an activating group) is 2. The van der Waals surface area contributed by atoms with Crippen molar-refractivity contribution in [3.63, 3.8) is 0 Å². The highest BCUT2D eigenvalue weighted by Gasteiger charge is 2.37. The Labute approximate surface area is 328 Å². The van der Waals surface area contributed by atoms with Crippen LogP contribution in [0.4, 0.5) is 0 Å². The Morgan fingerprint density at radius 1 is 0.768 bits per heavy atom. The van der Waals surface area contributed by atoms with Gasteiger partial charge in [-0.05, 0) is 116 Å². The van der Waals surface area contributed by atoms with E-state index in [1.165, 1.54) is 11.1 Å². The maximum Gasteiger partial charge on any atom is 0.338 e. The molecule has 0 saturated heterocycles. The second-order valence-electron chi connectivity index (χ2n) is 14.8. The van der Waals surface area contributed by atoms with E-state index in [0.29, 0.717) is 58.5 Å². The molecule has 10 nitrogen and oxygen atoms in total. The third-order valence-electron chi connectivity index (χ3n) is 11.5. The number of rotatable bonds is 7. The van der Waals surface area contributed by atoms with Gasteiger partial charge in [0.1, 0.15) is 18.1 Å². The van der Waals surface area contributed by atoms with Crippen LogP contribution in [-0.4, -0.2) is 69.4 Å². The van der Waals surface area contributed by atoms with Crippen LogP contribution in [0, 0.1) is 0 Å². The lowest BCUT2D eigenvalue weighted by molar-refractivity contribution is 0.0467. The van der Waals surface area contributed by atoms with Crippen LogP contribution in [-0.2, 0) is 43.6 Å². The van der Waals surface area contributed by atoms with Gasteiger partial charge in [0.25, 0.3) is 0 Å². The first kappa shape index (κ1) is 37.4. The van der Waals surface area contributed by atoms with Crippen LogP contribution in [0.5, 0.6) is 40.2 Å². The highest BCUT2D eigenvalue weighted by molar-refractivity contribution is 5.89. The average molecular weight is 757 g/mol. The molecule has 0 unspecified atom stereocenters. The SMILES string of the molecule is COc1ccc2cc1Oc1ccc(cc1)C[C@H]1c3cc(c(CO)cc3CCN1C)Oc1c(OC)c(OC)c(COC(=O)c3ccccc3)c3c1[C@H](C2)N(C)CC3. The van der Waals surface area contributed by atoms with Crippen LogP contribution in [0.1, 0.15) is 66.9 Å². The molecule has 0 amide bonds.